The van der Waals surface area contributed by atoms with E-state index in [9.17, 15) is 4.79 Å². The van der Waals surface area contributed by atoms with E-state index in [0.717, 1.165) is 10.5 Å². The van der Waals surface area contributed by atoms with Crippen LogP contribution in [0.15, 0.2) is 30.6 Å². The number of fused-ring (bicyclic) bond motifs is 1. The van der Waals surface area contributed by atoms with E-state index < -0.39 is 20.5 Å². The van der Waals surface area contributed by atoms with Crippen molar-refractivity contribution in [3.05, 3.63) is 36.3 Å². The summed E-state index contributed by atoms with van der Waals surface area (Å²) in [5.74, 6) is 0. The molecule has 0 N–H and O–H groups in total. The van der Waals surface area contributed by atoms with Crippen LogP contribution in [0.1, 0.15) is 45.9 Å². The SMILES string of the molecule is C=CCOC(=O)N1C[C@H](O[Si](C)(C)C(C)(C)C)C[C@@H]1C(OC(C)=S)c1csc2cncn12. The van der Waals surface area contributed by atoms with E-state index in [4.69, 9.17) is 26.1 Å². The highest BCUT2D eigenvalue weighted by atomic mass is 32.1. The van der Waals surface area contributed by atoms with E-state index in [1.54, 1.807) is 35.6 Å². The average Bonchev–Trinajstić information content (AvgIpc) is 3.38. The van der Waals surface area contributed by atoms with E-state index in [1.165, 1.54) is 0 Å². The Bertz CT molecular complexity index is 981. The zero-order valence-corrected chi connectivity index (χ0v) is 22.3. The molecule has 2 aromatic heterocycles. The van der Waals surface area contributed by atoms with Crippen molar-refractivity contribution in [3.63, 3.8) is 0 Å². The Hall–Kier alpha value is -1.75. The molecule has 176 valence electrons. The number of aromatic nitrogens is 2. The minimum Gasteiger partial charge on any atom is -0.476 e. The summed E-state index contributed by atoms with van der Waals surface area (Å²) in [6.45, 7) is 17.1. The molecule has 0 spiro atoms. The predicted molar refractivity (Wildman–Crippen MR) is 134 cm³/mol. The number of carbonyl (C=O) groups excluding carboxylic acids is 1. The molecule has 1 fully saturated rings. The maximum absolute atomic E-state index is 13.0. The molecule has 2 aromatic rings. The van der Waals surface area contributed by atoms with Crippen molar-refractivity contribution in [1.29, 1.82) is 0 Å². The standard InChI is InChI=1S/C22H33N3O4S2Si/c1-8-9-27-21(26)24-12-16(29-32(6,7)22(3,4)5)10-17(24)20(28-15(2)30)18-13-31-19-11-23-14-25(18)19/h8,11,13-14,16-17,20H,1,9-10,12H2,2-7H3/t16-,17-,20?/m1/s1. The minimum atomic E-state index is -2.03. The molecule has 1 aliphatic heterocycles. The van der Waals surface area contributed by atoms with Gasteiger partial charge in [-0.05, 0) is 36.8 Å². The molecule has 32 heavy (non-hydrogen) atoms. The van der Waals surface area contributed by atoms with Crippen LogP contribution in [0.25, 0.3) is 4.83 Å². The molecule has 3 atom stereocenters. The van der Waals surface area contributed by atoms with Gasteiger partial charge in [0.1, 0.15) is 17.8 Å². The molecule has 1 saturated heterocycles. The lowest BCUT2D eigenvalue weighted by Gasteiger charge is -2.38. The second kappa shape index (κ2) is 9.62. The number of rotatable bonds is 7. The highest BCUT2D eigenvalue weighted by molar-refractivity contribution is 7.80. The molecule has 0 bridgehead atoms. The average molecular weight is 496 g/mol. The monoisotopic (exact) mass is 495 g/mol. The molecule has 3 heterocycles. The predicted octanol–water partition coefficient (Wildman–Crippen LogP) is 5.59. The number of hydrogen-bond donors (Lipinski definition) is 0. The lowest BCUT2D eigenvalue weighted by Crippen LogP contribution is -2.45. The Kier molecular flexibility index (Phi) is 7.48. The maximum Gasteiger partial charge on any atom is 0.410 e. The smallest absolute Gasteiger partial charge is 0.410 e. The molecular formula is C22H33N3O4S2Si. The van der Waals surface area contributed by atoms with Crippen LogP contribution in [0.3, 0.4) is 0 Å². The summed E-state index contributed by atoms with van der Waals surface area (Å²) in [5.41, 5.74) is 0.909. The zero-order valence-electron chi connectivity index (χ0n) is 19.7. The second-order valence-electron chi connectivity index (χ2n) is 9.61. The summed E-state index contributed by atoms with van der Waals surface area (Å²) in [6.07, 6.45) is 4.80. The number of thiazole rings is 1. The topological polar surface area (TPSA) is 65.3 Å². The molecule has 0 radical (unpaired) electrons. The van der Waals surface area contributed by atoms with Crippen LogP contribution in [0.5, 0.6) is 0 Å². The van der Waals surface area contributed by atoms with Gasteiger partial charge in [0.25, 0.3) is 0 Å². The Morgan fingerprint density at radius 2 is 2.19 bits per heavy atom. The van der Waals surface area contributed by atoms with Gasteiger partial charge in [0.15, 0.2) is 19.5 Å². The van der Waals surface area contributed by atoms with Gasteiger partial charge in [0.05, 0.1) is 24.0 Å². The second-order valence-corrected chi connectivity index (χ2v) is 15.8. The first-order chi connectivity index (χ1) is 14.9. The van der Waals surface area contributed by atoms with Crippen LogP contribution in [-0.4, -0.2) is 59.0 Å². The van der Waals surface area contributed by atoms with Gasteiger partial charge >= 0.3 is 6.09 Å². The van der Waals surface area contributed by atoms with Crippen molar-refractivity contribution in [3.8, 4) is 0 Å². The first-order valence-electron chi connectivity index (χ1n) is 10.7. The minimum absolute atomic E-state index is 0.0660. The Morgan fingerprint density at radius 3 is 2.81 bits per heavy atom. The molecule has 7 nitrogen and oxygen atoms in total. The molecule has 1 amide bonds. The molecular weight excluding hydrogens is 462 g/mol. The van der Waals surface area contributed by atoms with Crippen LogP contribution < -0.4 is 0 Å². The normalized spacial score (nSPS) is 20.4. The first-order valence-corrected chi connectivity index (χ1v) is 14.9. The fourth-order valence-corrected chi connectivity index (χ4v) is 6.01. The Labute approximate surface area is 200 Å². The van der Waals surface area contributed by atoms with Crippen molar-refractivity contribution in [2.24, 2.45) is 0 Å². The number of imidazole rings is 1. The van der Waals surface area contributed by atoms with Gasteiger partial charge < -0.3 is 13.9 Å². The summed E-state index contributed by atoms with van der Waals surface area (Å²) >= 11 is 6.88. The summed E-state index contributed by atoms with van der Waals surface area (Å²) in [4.78, 5) is 20.0. The molecule has 1 unspecified atom stereocenters. The number of nitrogens with zero attached hydrogens (tertiary/aromatic N) is 3. The third-order valence-corrected chi connectivity index (χ3v) is 11.8. The molecule has 3 rings (SSSR count). The number of thiocarbonyl (C=S) groups is 1. The summed E-state index contributed by atoms with van der Waals surface area (Å²) in [7, 11) is -2.03. The van der Waals surface area contributed by atoms with Crippen LogP contribution >= 0.6 is 23.6 Å². The quantitative estimate of drug-likeness (QED) is 0.283. The van der Waals surface area contributed by atoms with Crippen molar-refractivity contribution < 1.29 is 18.7 Å². The number of amides is 1. The van der Waals surface area contributed by atoms with Gasteiger partial charge in [-0.15, -0.1) is 11.3 Å². The number of ether oxygens (including phenoxy) is 2. The summed E-state index contributed by atoms with van der Waals surface area (Å²) in [6, 6.07) is -0.291. The fraction of sp³-hybridized carbons (Fsp3) is 0.591. The van der Waals surface area contributed by atoms with E-state index in [0.29, 0.717) is 18.0 Å². The van der Waals surface area contributed by atoms with Crippen molar-refractivity contribution in [1.82, 2.24) is 14.3 Å². The van der Waals surface area contributed by atoms with Gasteiger partial charge in [-0.25, -0.2) is 9.78 Å². The molecule has 0 aliphatic carbocycles. The van der Waals surface area contributed by atoms with Gasteiger partial charge in [-0.2, -0.15) is 0 Å². The van der Waals surface area contributed by atoms with Crippen molar-refractivity contribution >= 4 is 47.8 Å². The van der Waals surface area contributed by atoms with Gasteiger partial charge in [0, 0.05) is 18.8 Å². The van der Waals surface area contributed by atoms with Gasteiger partial charge in [0.2, 0.25) is 0 Å². The Balaban J connectivity index is 1.95. The number of carbonyl (C=O) groups is 1. The van der Waals surface area contributed by atoms with Crippen LogP contribution in [0.4, 0.5) is 4.79 Å². The zero-order chi connectivity index (χ0) is 23.7. The van der Waals surface area contributed by atoms with E-state index in [1.807, 2.05) is 16.0 Å². The van der Waals surface area contributed by atoms with Crippen LogP contribution in [0.2, 0.25) is 18.1 Å². The highest BCUT2D eigenvalue weighted by Crippen LogP contribution is 2.41. The first kappa shape index (κ1) is 24.9. The van der Waals surface area contributed by atoms with Gasteiger partial charge in [-0.1, -0.05) is 33.4 Å². The van der Waals surface area contributed by atoms with E-state index in [2.05, 4.69) is 45.4 Å². The van der Waals surface area contributed by atoms with Crippen LogP contribution in [-0.2, 0) is 13.9 Å². The van der Waals surface area contributed by atoms with Crippen molar-refractivity contribution in [2.45, 2.75) is 70.5 Å². The molecule has 0 saturated carbocycles. The number of hydrogen-bond acceptors (Lipinski definition) is 7. The largest absolute Gasteiger partial charge is 0.476 e. The lowest BCUT2D eigenvalue weighted by molar-refractivity contribution is 0.0605. The lowest BCUT2D eigenvalue weighted by atomic mass is 10.1. The van der Waals surface area contributed by atoms with E-state index in [-0.39, 0.29) is 23.8 Å². The highest BCUT2D eigenvalue weighted by Gasteiger charge is 2.47. The fourth-order valence-electron chi connectivity index (χ4n) is 3.68. The third kappa shape index (κ3) is 5.24. The summed E-state index contributed by atoms with van der Waals surface area (Å²) < 4.78 is 20.3. The molecule has 0 aromatic carbocycles. The maximum atomic E-state index is 13.0. The van der Waals surface area contributed by atoms with Crippen molar-refractivity contribution in [2.75, 3.05) is 13.2 Å². The van der Waals surface area contributed by atoms with Crippen LogP contribution in [0, 0.1) is 0 Å². The Morgan fingerprint density at radius 1 is 1.47 bits per heavy atom. The molecule has 10 heteroatoms. The van der Waals surface area contributed by atoms with E-state index >= 15 is 0 Å². The third-order valence-electron chi connectivity index (χ3n) is 6.25. The molecule has 1 aliphatic rings. The van der Waals surface area contributed by atoms with Gasteiger partial charge in [-0.3, -0.25) is 9.30 Å². The summed E-state index contributed by atoms with van der Waals surface area (Å²) in [5, 5.41) is 2.52. The number of likely N-dealkylation sites (tertiary alicyclic amines) is 1.